The van der Waals surface area contributed by atoms with Crippen LogP contribution in [0.3, 0.4) is 0 Å². The zero-order chi connectivity index (χ0) is 22.8. The van der Waals surface area contributed by atoms with Crippen molar-refractivity contribution in [3.63, 3.8) is 0 Å². The molecule has 0 N–H and O–H groups in total. The highest BCUT2D eigenvalue weighted by molar-refractivity contribution is 7.98. The van der Waals surface area contributed by atoms with Crippen LogP contribution in [0.4, 0.5) is 0 Å². The molecule has 0 radical (unpaired) electrons. The van der Waals surface area contributed by atoms with Crippen molar-refractivity contribution in [2.24, 2.45) is 0 Å². The van der Waals surface area contributed by atoms with E-state index in [-0.39, 0.29) is 5.56 Å². The number of rotatable bonds is 7. The Kier molecular flexibility index (Phi) is 5.93. The first-order valence-corrected chi connectivity index (χ1v) is 12.2. The molecular formula is C23H20N6O2S2. The van der Waals surface area contributed by atoms with E-state index in [1.807, 2.05) is 60.2 Å². The number of thioether (sulfide) groups is 1. The number of nitrogens with zero attached hydrogens (tertiary/aromatic N) is 6. The second-order valence-electron chi connectivity index (χ2n) is 7.17. The number of pyridine rings is 1. The molecule has 0 aliphatic carbocycles. The number of aryl methyl sites for hydroxylation is 1. The van der Waals surface area contributed by atoms with E-state index in [0.29, 0.717) is 34.0 Å². The Labute approximate surface area is 197 Å². The molecular weight excluding hydrogens is 456 g/mol. The van der Waals surface area contributed by atoms with Crippen LogP contribution < -0.4 is 10.3 Å². The van der Waals surface area contributed by atoms with Gasteiger partial charge < -0.3 is 4.74 Å². The van der Waals surface area contributed by atoms with Gasteiger partial charge in [-0.05, 0) is 50.2 Å². The number of ether oxygens (including phenoxy) is 1. The van der Waals surface area contributed by atoms with Crippen molar-refractivity contribution in [1.29, 1.82) is 0 Å². The smallest absolute Gasteiger partial charge is 0.258 e. The minimum atomic E-state index is -0.0696. The van der Waals surface area contributed by atoms with Crippen LogP contribution in [0.25, 0.3) is 22.0 Å². The first-order valence-electron chi connectivity index (χ1n) is 10.3. The SMILES string of the molecule is CCOc1ccc(-n2c(SCc3cc(=O)n4c(C)csc4n3)nnc2-c2ccncc2)cc1. The number of benzene rings is 1. The summed E-state index contributed by atoms with van der Waals surface area (Å²) >= 11 is 2.95. The molecule has 8 nitrogen and oxygen atoms in total. The molecule has 166 valence electrons. The van der Waals surface area contributed by atoms with Crippen LogP contribution >= 0.6 is 23.1 Å². The number of aromatic nitrogens is 6. The molecule has 5 rings (SSSR count). The molecule has 0 bridgehead atoms. The summed E-state index contributed by atoms with van der Waals surface area (Å²) in [6.45, 7) is 4.47. The summed E-state index contributed by atoms with van der Waals surface area (Å²) in [5, 5.41) is 11.5. The predicted octanol–water partition coefficient (Wildman–Crippen LogP) is 4.40. The lowest BCUT2D eigenvalue weighted by Crippen LogP contribution is -2.14. The molecule has 0 aliphatic rings. The van der Waals surface area contributed by atoms with Crippen LogP contribution in [0.5, 0.6) is 5.75 Å². The average Bonchev–Trinajstić information content (AvgIpc) is 3.43. The lowest BCUT2D eigenvalue weighted by Gasteiger charge is -2.11. The number of hydrogen-bond acceptors (Lipinski definition) is 8. The Morgan fingerprint density at radius 3 is 2.64 bits per heavy atom. The first kappa shape index (κ1) is 21.4. The van der Waals surface area contributed by atoms with Crippen LogP contribution in [0.15, 0.2) is 70.2 Å². The second kappa shape index (κ2) is 9.16. The Hall–Kier alpha value is -3.50. The van der Waals surface area contributed by atoms with Gasteiger partial charge in [0.2, 0.25) is 0 Å². The Balaban J connectivity index is 1.51. The van der Waals surface area contributed by atoms with Crippen LogP contribution in [0.2, 0.25) is 0 Å². The fourth-order valence-electron chi connectivity index (χ4n) is 3.46. The topological polar surface area (TPSA) is 87.2 Å². The highest BCUT2D eigenvalue weighted by atomic mass is 32.2. The van der Waals surface area contributed by atoms with Crippen molar-refractivity contribution in [3.8, 4) is 22.8 Å². The summed E-state index contributed by atoms with van der Waals surface area (Å²) in [5.74, 6) is 2.01. The molecule has 4 heterocycles. The van der Waals surface area contributed by atoms with Gasteiger partial charge in [-0.1, -0.05) is 11.8 Å². The van der Waals surface area contributed by atoms with E-state index in [1.54, 1.807) is 22.9 Å². The summed E-state index contributed by atoms with van der Waals surface area (Å²) in [7, 11) is 0. The molecule has 0 aliphatic heterocycles. The molecule has 0 atom stereocenters. The van der Waals surface area contributed by atoms with Crippen molar-refractivity contribution < 1.29 is 4.74 Å². The maximum atomic E-state index is 12.5. The van der Waals surface area contributed by atoms with E-state index in [0.717, 1.165) is 22.7 Å². The minimum absolute atomic E-state index is 0.0696. The van der Waals surface area contributed by atoms with Gasteiger partial charge in [0.15, 0.2) is 15.9 Å². The zero-order valence-electron chi connectivity index (χ0n) is 18.0. The van der Waals surface area contributed by atoms with E-state index in [2.05, 4.69) is 20.2 Å². The van der Waals surface area contributed by atoms with Crippen LogP contribution in [0, 0.1) is 6.92 Å². The Morgan fingerprint density at radius 1 is 1.09 bits per heavy atom. The molecule has 0 fully saturated rings. The maximum Gasteiger partial charge on any atom is 0.258 e. The number of thiazole rings is 1. The minimum Gasteiger partial charge on any atom is -0.494 e. The largest absolute Gasteiger partial charge is 0.494 e. The van der Waals surface area contributed by atoms with Crippen molar-refractivity contribution >= 4 is 28.1 Å². The first-order chi connectivity index (χ1) is 16.1. The molecule has 1 aromatic carbocycles. The van der Waals surface area contributed by atoms with Gasteiger partial charge in [-0.25, -0.2) is 4.98 Å². The second-order valence-corrected chi connectivity index (χ2v) is 8.95. The van der Waals surface area contributed by atoms with Crippen LogP contribution in [-0.4, -0.2) is 35.7 Å². The lowest BCUT2D eigenvalue weighted by molar-refractivity contribution is 0.340. The zero-order valence-corrected chi connectivity index (χ0v) is 19.6. The van der Waals surface area contributed by atoms with Gasteiger partial charge in [0, 0.05) is 46.5 Å². The van der Waals surface area contributed by atoms with Gasteiger partial charge in [-0.2, -0.15) is 0 Å². The molecule has 33 heavy (non-hydrogen) atoms. The molecule has 0 saturated carbocycles. The summed E-state index contributed by atoms with van der Waals surface area (Å²) in [6, 6.07) is 13.2. The van der Waals surface area contributed by atoms with Crippen molar-refractivity contribution in [2.75, 3.05) is 6.61 Å². The van der Waals surface area contributed by atoms with E-state index >= 15 is 0 Å². The summed E-state index contributed by atoms with van der Waals surface area (Å²) in [6.07, 6.45) is 3.46. The van der Waals surface area contributed by atoms with Gasteiger partial charge in [0.1, 0.15) is 5.75 Å². The van der Waals surface area contributed by atoms with E-state index in [9.17, 15) is 4.79 Å². The highest BCUT2D eigenvalue weighted by Crippen LogP contribution is 2.30. The quantitative estimate of drug-likeness (QED) is 0.322. The molecule has 0 saturated heterocycles. The molecule has 0 amide bonds. The van der Waals surface area contributed by atoms with Crippen molar-refractivity contribution in [2.45, 2.75) is 24.8 Å². The third kappa shape index (κ3) is 4.27. The van der Waals surface area contributed by atoms with Gasteiger partial charge in [-0.3, -0.25) is 18.7 Å². The highest BCUT2D eigenvalue weighted by Gasteiger charge is 2.17. The lowest BCUT2D eigenvalue weighted by atomic mass is 10.2. The molecule has 0 unspecified atom stereocenters. The fourth-order valence-corrected chi connectivity index (χ4v) is 5.19. The normalized spacial score (nSPS) is 11.2. The Bertz CT molecular complexity index is 1460. The molecule has 0 spiro atoms. The molecule has 10 heteroatoms. The van der Waals surface area contributed by atoms with E-state index < -0.39 is 0 Å². The molecule has 4 aromatic heterocycles. The summed E-state index contributed by atoms with van der Waals surface area (Å²) < 4.78 is 9.21. The van der Waals surface area contributed by atoms with E-state index in [4.69, 9.17) is 4.74 Å². The van der Waals surface area contributed by atoms with E-state index in [1.165, 1.54) is 23.1 Å². The van der Waals surface area contributed by atoms with Crippen LogP contribution in [0.1, 0.15) is 18.3 Å². The summed E-state index contributed by atoms with van der Waals surface area (Å²) in [5.41, 5.74) is 3.35. The van der Waals surface area contributed by atoms with Gasteiger partial charge in [0.05, 0.1) is 12.3 Å². The molecule has 5 aromatic rings. The third-order valence-electron chi connectivity index (χ3n) is 4.96. The fraction of sp³-hybridized carbons (Fsp3) is 0.174. The number of hydrogen-bond donors (Lipinski definition) is 0. The van der Waals surface area contributed by atoms with Gasteiger partial charge >= 0.3 is 0 Å². The number of fused-ring (bicyclic) bond motifs is 1. The van der Waals surface area contributed by atoms with Gasteiger partial charge in [-0.15, -0.1) is 21.5 Å². The van der Waals surface area contributed by atoms with Crippen LogP contribution in [-0.2, 0) is 5.75 Å². The maximum absolute atomic E-state index is 12.5. The van der Waals surface area contributed by atoms with Crippen molar-refractivity contribution in [1.82, 2.24) is 29.1 Å². The Morgan fingerprint density at radius 2 is 1.88 bits per heavy atom. The predicted molar refractivity (Wildman–Crippen MR) is 129 cm³/mol. The monoisotopic (exact) mass is 476 g/mol. The van der Waals surface area contributed by atoms with Crippen molar-refractivity contribution in [3.05, 3.63) is 82.0 Å². The third-order valence-corrected chi connectivity index (χ3v) is 6.86. The van der Waals surface area contributed by atoms with Gasteiger partial charge in [0.25, 0.3) is 5.56 Å². The standard InChI is InChI=1S/C23H20N6O2S2/c1-3-31-19-6-4-18(5-7-19)29-21(16-8-10-24-11-9-16)26-27-23(29)33-14-17-12-20(30)28-15(2)13-32-22(28)25-17/h4-13H,3,14H2,1-2H3. The summed E-state index contributed by atoms with van der Waals surface area (Å²) in [4.78, 5) is 22.0. The average molecular weight is 477 g/mol.